The molecule has 0 aliphatic heterocycles. The Kier molecular flexibility index (Phi) is 3.15. The van der Waals surface area contributed by atoms with Crippen molar-refractivity contribution in [3.05, 3.63) is 67.1 Å². The summed E-state index contributed by atoms with van der Waals surface area (Å²) >= 11 is 0. The molecule has 3 aromatic carbocycles. The normalized spacial score (nSPS) is 12.7. The lowest BCUT2D eigenvalue weighted by molar-refractivity contribution is -0.138. The summed E-state index contributed by atoms with van der Waals surface area (Å²) in [4.78, 5) is 11.6. The molecule has 1 unspecified atom stereocenters. The van der Waals surface area contributed by atoms with Crippen LogP contribution >= 0.6 is 0 Å². The average Bonchev–Trinajstić information content (AvgIpc) is 2.47. The summed E-state index contributed by atoms with van der Waals surface area (Å²) in [5.74, 6) is -1.40. The van der Waals surface area contributed by atoms with Gasteiger partial charge in [-0.2, -0.15) is 0 Å². The summed E-state index contributed by atoms with van der Waals surface area (Å²) in [6.45, 7) is 3.82. The highest BCUT2D eigenvalue weighted by atomic mass is 16.4. The third-order valence-corrected chi connectivity index (χ3v) is 3.75. The summed E-state index contributed by atoms with van der Waals surface area (Å²) in [5, 5.41) is 13.7. The van der Waals surface area contributed by atoms with Gasteiger partial charge in [-0.05, 0) is 39.6 Å². The van der Waals surface area contributed by atoms with Gasteiger partial charge in [0.05, 0.1) is 5.92 Å². The van der Waals surface area contributed by atoms with Gasteiger partial charge in [0.2, 0.25) is 0 Å². The van der Waals surface area contributed by atoms with Gasteiger partial charge in [-0.15, -0.1) is 0 Å². The van der Waals surface area contributed by atoms with E-state index in [9.17, 15) is 9.90 Å². The standard InChI is InChI=1S/C18H15O2/c1-2-14(18(19)20)17-15-9-5-3-7-12(15)11-13-8-4-6-10-16(13)17/h3-11,14H,1-2H2,(H,19,20). The number of hydrogen-bond acceptors (Lipinski definition) is 1. The third kappa shape index (κ3) is 1.94. The summed E-state index contributed by atoms with van der Waals surface area (Å²) in [6, 6.07) is 18.0. The Morgan fingerprint density at radius 3 is 1.95 bits per heavy atom. The van der Waals surface area contributed by atoms with E-state index in [4.69, 9.17) is 0 Å². The van der Waals surface area contributed by atoms with E-state index in [1.54, 1.807) is 0 Å². The molecule has 1 radical (unpaired) electrons. The monoisotopic (exact) mass is 263 g/mol. The average molecular weight is 263 g/mol. The van der Waals surface area contributed by atoms with Crippen molar-refractivity contribution in [1.82, 2.24) is 0 Å². The predicted molar refractivity (Wildman–Crippen MR) is 81.8 cm³/mol. The van der Waals surface area contributed by atoms with E-state index in [0.717, 1.165) is 27.1 Å². The maximum atomic E-state index is 11.6. The zero-order chi connectivity index (χ0) is 14.1. The van der Waals surface area contributed by atoms with Crippen molar-refractivity contribution in [2.24, 2.45) is 0 Å². The van der Waals surface area contributed by atoms with Gasteiger partial charge in [0.25, 0.3) is 0 Å². The van der Waals surface area contributed by atoms with Crippen molar-refractivity contribution < 1.29 is 9.90 Å². The van der Waals surface area contributed by atoms with E-state index in [0.29, 0.717) is 6.42 Å². The fraction of sp³-hybridized carbons (Fsp3) is 0.111. The molecule has 0 heterocycles. The summed E-state index contributed by atoms with van der Waals surface area (Å²) in [5.41, 5.74) is 0.876. The van der Waals surface area contributed by atoms with Gasteiger partial charge in [-0.1, -0.05) is 55.5 Å². The van der Waals surface area contributed by atoms with Crippen LogP contribution in [0.15, 0.2) is 54.6 Å². The SMILES string of the molecule is [CH2]CC(C(=O)O)c1c2ccccc2cc2ccccc12. The van der Waals surface area contributed by atoms with Crippen LogP contribution < -0.4 is 0 Å². The molecule has 0 aliphatic carbocycles. The van der Waals surface area contributed by atoms with Crippen molar-refractivity contribution in [2.75, 3.05) is 0 Å². The number of hydrogen-bond donors (Lipinski definition) is 1. The number of fused-ring (bicyclic) bond motifs is 2. The Morgan fingerprint density at radius 1 is 1.00 bits per heavy atom. The van der Waals surface area contributed by atoms with Crippen molar-refractivity contribution in [3.63, 3.8) is 0 Å². The summed E-state index contributed by atoms with van der Waals surface area (Å²) in [7, 11) is 0. The first-order valence-corrected chi connectivity index (χ1v) is 6.65. The van der Waals surface area contributed by atoms with Gasteiger partial charge >= 0.3 is 5.97 Å². The molecule has 0 bridgehead atoms. The Balaban J connectivity index is 2.47. The van der Waals surface area contributed by atoms with Crippen LogP contribution in [0.3, 0.4) is 0 Å². The molecule has 0 saturated carbocycles. The van der Waals surface area contributed by atoms with E-state index in [1.165, 1.54) is 0 Å². The topological polar surface area (TPSA) is 37.3 Å². The first kappa shape index (κ1) is 12.7. The second-order valence-electron chi connectivity index (χ2n) is 4.91. The van der Waals surface area contributed by atoms with E-state index in [2.05, 4.69) is 13.0 Å². The van der Waals surface area contributed by atoms with E-state index in [-0.39, 0.29) is 0 Å². The highest BCUT2D eigenvalue weighted by Gasteiger charge is 2.22. The minimum atomic E-state index is -0.818. The van der Waals surface area contributed by atoms with Gasteiger partial charge in [0.1, 0.15) is 0 Å². The van der Waals surface area contributed by atoms with Gasteiger partial charge in [0.15, 0.2) is 0 Å². The van der Waals surface area contributed by atoms with Crippen LogP contribution in [0.1, 0.15) is 17.9 Å². The van der Waals surface area contributed by atoms with Gasteiger partial charge in [-0.25, -0.2) is 0 Å². The number of rotatable bonds is 3. The third-order valence-electron chi connectivity index (χ3n) is 3.75. The molecule has 20 heavy (non-hydrogen) atoms. The summed E-state index contributed by atoms with van der Waals surface area (Å²) in [6.07, 6.45) is 0.341. The molecule has 3 aromatic rings. The largest absolute Gasteiger partial charge is 0.481 e. The highest BCUT2D eigenvalue weighted by molar-refractivity contribution is 6.05. The van der Waals surface area contributed by atoms with E-state index < -0.39 is 11.9 Å². The lowest BCUT2D eigenvalue weighted by Gasteiger charge is -2.17. The molecule has 0 saturated heterocycles. The van der Waals surface area contributed by atoms with Gasteiger partial charge in [0, 0.05) is 0 Å². The molecular formula is C18H15O2. The Hall–Kier alpha value is -2.35. The van der Waals surface area contributed by atoms with Gasteiger partial charge in [-0.3, -0.25) is 4.79 Å². The van der Waals surface area contributed by atoms with Crippen molar-refractivity contribution >= 4 is 27.5 Å². The van der Waals surface area contributed by atoms with Crippen LogP contribution in [0.5, 0.6) is 0 Å². The molecule has 1 atom stereocenters. The van der Waals surface area contributed by atoms with Crippen molar-refractivity contribution in [1.29, 1.82) is 0 Å². The molecule has 3 rings (SSSR count). The number of carbonyl (C=O) groups is 1. The van der Waals surface area contributed by atoms with Crippen LogP contribution in [0.25, 0.3) is 21.5 Å². The Labute approximate surface area is 117 Å². The summed E-state index contributed by atoms with van der Waals surface area (Å²) < 4.78 is 0. The van der Waals surface area contributed by atoms with Gasteiger partial charge < -0.3 is 5.11 Å². The lowest BCUT2D eigenvalue weighted by atomic mass is 9.87. The van der Waals surface area contributed by atoms with E-state index >= 15 is 0 Å². The minimum Gasteiger partial charge on any atom is -0.481 e. The number of carboxylic acids is 1. The lowest BCUT2D eigenvalue weighted by Crippen LogP contribution is -2.11. The zero-order valence-electron chi connectivity index (χ0n) is 11.0. The zero-order valence-corrected chi connectivity index (χ0v) is 11.0. The molecule has 0 aromatic heterocycles. The number of benzene rings is 3. The van der Waals surface area contributed by atoms with Crippen LogP contribution in [-0.2, 0) is 4.79 Å². The van der Waals surface area contributed by atoms with Crippen LogP contribution in [0.2, 0.25) is 0 Å². The number of aliphatic carboxylic acids is 1. The molecule has 0 fully saturated rings. The number of carboxylic acid groups (broad SMARTS) is 1. The van der Waals surface area contributed by atoms with Crippen LogP contribution in [0.4, 0.5) is 0 Å². The first-order chi connectivity index (χ1) is 9.72. The van der Waals surface area contributed by atoms with Crippen LogP contribution in [0, 0.1) is 6.92 Å². The smallest absolute Gasteiger partial charge is 0.311 e. The predicted octanol–water partition coefficient (Wildman–Crippen LogP) is 4.39. The van der Waals surface area contributed by atoms with Crippen molar-refractivity contribution in [3.8, 4) is 0 Å². The maximum absolute atomic E-state index is 11.6. The quantitative estimate of drug-likeness (QED) is 0.712. The molecular weight excluding hydrogens is 248 g/mol. The Bertz CT molecular complexity index is 736. The second kappa shape index (κ2) is 4.97. The second-order valence-corrected chi connectivity index (χ2v) is 4.91. The molecule has 2 heteroatoms. The minimum absolute atomic E-state index is 0.341. The molecule has 2 nitrogen and oxygen atoms in total. The molecule has 1 N–H and O–H groups in total. The Morgan fingerprint density at radius 2 is 1.50 bits per heavy atom. The molecule has 0 amide bonds. The highest BCUT2D eigenvalue weighted by Crippen LogP contribution is 2.35. The molecule has 0 aliphatic rings. The first-order valence-electron chi connectivity index (χ1n) is 6.65. The van der Waals surface area contributed by atoms with E-state index in [1.807, 2.05) is 48.5 Å². The van der Waals surface area contributed by atoms with Crippen LogP contribution in [-0.4, -0.2) is 11.1 Å². The van der Waals surface area contributed by atoms with Crippen molar-refractivity contribution in [2.45, 2.75) is 12.3 Å². The maximum Gasteiger partial charge on any atom is 0.311 e. The molecule has 0 spiro atoms. The fourth-order valence-corrected chi connectivity index (χ4v) is 2.82. The fourth-order valence-electron chi connectivity index (χ4n) is 2.82. The molecule has 99 valence electrons.